The number of rotatable bonds is 2. The van der Waals surface area contributed by atoms with Gasteiger partial charge < -0.3 is 9.64 Å². The van der Waals surface area contributed by atoms with E-state index in [1.54, 1.807) is 6.20 Å². The van der Waals surface area contributed by atoms with Crippen molar-refractivity contribution in [1.29, 1.82) is 0 Å². The molecule has 0 spiro atoms. The molecule has 1 fully saturated rings. The monoisotopic (exact) mass is 305 g/mol. The predicted octanol–water partition coefficient (Wildman–Crippen LogP) is 2.18. The molecule has 2 heterocycles. The van der Waals surface area contributed by atoms with E-state index < -0.39 is 5.60 Å². The average molecular weight is 306 g/mol. The first-order valence-electron chi connectivity index (χ1n) is 6.78. The van der Waals surface area contributed by atoms with Crippen LogP contribution in [0.4, 0.5) is 5.69 Å². The summed E-state index contributed by atoms with van der Waals surface area (Å²) in [6.45, 7) is 3.90. The summed E-state index contributed by atoms with van der Waals surface area (Å²) in [4.78, 5) is 13.6. The highest BCUT2D eigenvalue weighted by Crippen LogP contribution is 2.32. The van der Waals surface area contributed by atoms with Crippen LogP contribution in [0.3, 0.4) is 0 Å². The molecule has 1 aromatic carbocycles. The molecular weight excluding hydrogens is 290 g/mol. The van der Waals surface area contributed by atoms with E-state index in [9.17, 15) is 4.79 Å². The van der Waals surface area contributed by atoms with Crippen LogP contribution in [0.2, 0.25) is 5.02 Å². The van der Waals surface area contributed by atoms with Gasteiger partial charge in [-0.2, -0.15) is 5.10 Å². The van der Waals surface area contributed by atoms with Crippen molar-refractivity contribution in [1.82, 2.24) is 10.2 Å². The molecule has 0 radical (unpaired) electrons. The SMILES string of the molecule is CC1(c2ccccc2)CN(c2cn[nH]c(=O)c2Cl)CCO1. The lowest BCUT2D eigenvalue weighted by Gasteiger charge is -2.41. The first-order chi connectivity index (χ1) is 10.1. The number of hydrogen-bond donors (Lipinski definition) is 1. The molecule has 1 aliphatic heterocycles. The van der Waals surface area contributed by atoms with E-state index in [1.807, 2.05) is 42.2 Å². The van der Waals surface area contributed by atoms with Crippen molar-refractivity contribution in [3.63, 3.8) is 0 Å². The van der Waals surface area contributed by atoms with Gasteiger partial charge in [-0.1, -0.05) is 41.9 Å². The second-order valence-corrected chi connectivity index (χ2v) is 5.64. The number of morpholine rings is 1. The Balaban J connectivity index is 1.93. The minimum atomic E-state index is -0.439. The third-order valence-corrected chi connectivity index (χ3v) is 4.14. The van der Waals surface area contributed by atoms with Gasteiger partial charge in [-0.15, -0.1) is 0 Å². The molecule has 0 amide bonds. The lowest BCUT2D eigenvalue weighted by Crippen LogP contribution is -2.48. The van der Waals surface area contributed by atoms with E-state index in [1.165, 1.54) is 0 Å². The van der Waals surface area contributed by atoms with Crippen molar-refractivity contribution >= 4 is 17.3 Å². The zero-order chi connectivity index (χ0) is 14.9. The van der Waals surface area contributed by atoms with Crippen molar-refractivity contribution in [2.75, 3.05) is 24.6 Å². The molecule has 5 nitrogen and oxygen atoms in total. The van der Waals surface area contributed by atoms with Gasteiger partial charge in [0.1, 0.15) is 10.6 Å². The highest BCUT2D eigenvalue weighted by Gasteiger charge is 2.34. The number of anilines is 1. The van der Waals surface area contributed by atoms with Crippen LogP contribution in [0.5, 0.6) is 0 Å². The van der Waals surface area contributed by atoms with Crippen LogP contribution in [-0.4, -0.2) is 29.9 Å². The minimum absolute atomic E-state index is 0.169. The number of aromatic amines is 1. The molecule has 1 aromatic heterocycles. The molecule has 2 aromatic rings. The molecule has 21 heavy (non-hydrogen) atoms. The van der Waals surface area contributed by atoms with E-state index in [-0.39, 0.29) is 10.6 Å². The van der Waals surface area contributed by atoms with Crippen molar-refractivity contribution < 1.29 is 4.74 Å². The number of nitrogens with one attached hydrogen (secondary N) is 1. The first-order valence-corrected chi connectivity index (χ1v) is 7.15. The highest BCUT2D eigenvalue weighted by molar-refractivity contribution is 6.33. The summed E-state index contributed by atoms with van der Waals surface area (Å²) < 4.78 is 5.98. The largest absolute Gasteiger partial charge is 0.367 e. The maximum Gasteiger partial charge on any atom is 0.285 e. The van der Waals surface area contributed by atoms with E-state index in [2.05, 4.69) is 10.2 Å². The number of halogens is 1. The van der Waals surface area contributed by atoms with Gasteiger partial charge in [0.05, 0.1) is 25.0 Å². The van der Waals surface area contributed by atoms with Crippen molar-refractivity contribution in [3.05, 3.63) is 57.5 Å². The van der Waals surface area contributed by atoms with Crippen LogP contribution in [0.25, 0.3) is 0 Å². The second kappa shape index (κ2) is 5.50. The molecule has 110 valence electrons. The molecule has 6 heteroatoms. The summed E-state index contributed by atoms with van der Waals surface area (Å²) in [5.41, 5.74) is 0.933. The van der Waals surface area contributed by atoms with E-state index >= 15 is 0 Å². The van der Waals surface area contributed by atoms with Gasteiger partial charge in [0.2, 0.25) is 0 Å². The van der Waals surface area contributed by atoms with E-state index in [0.29, 0.717) is 25.4 Å². The molecule has 0 aliphatic carbocycles. The molecule has 0 saturated carbocycles. The topological polar surface area (TPSA) is 58.2 Å². The van der Waals surface area contributed by atoms with Crippen molar-refractivity contribution in [3.8, 4) is 0 Å². The highest BCUT2D eigenvalue weighted by atomic mass is 35.5. The fourth-order valence-electron chi connectivity index (χ4n) is 2.64. The molecule has 0 bridgehead atoms. The number of aromatic nitrogens is 2. The van der Waals surface area contributed by atoms with Crippen LogP contribution in [0, 0.1) is 0 Å². The molecule has 1 unspecified atom stereocenters. The summed E-state index contributed by atoms with van der Waals surface area (Å²) in [7, 11) is 0. The quantitative estimate of drug-likeness (QED) is 0.924. The zero-order valence-electron chi connectivity index (χ0n) is 11.7. The van der Waals surface area contributed by atoms with Crippen LogP contribution in [0.15, 0.2) is 41.3 Å². The Kier molecular flexibility index (Phi) is 3.69. The summed E-state index contributed by atoms with van der Waals surface area (Å²) >= 11 is 6.10. The van der Waals surface area contributed by atoms with Gasteiger partial charge in [-0.3, -0.25) is 4.79 Å². The summed E-state index contributed by atoms with van der Waals surface area (Å²) in [6.07, 6.45) is 1.58. The Hall–Kier alpha value is -1.85. The standard InChI is InChI=1S/C15H16ClN3O2/c1-15(11-5-3-2-4-6-11)10-19(7-8-21-15)12-9-17-18-14(20)13(12)16/h2-6,9H,7-8,10H2,1H3,(H,18,20). The third kappa shape index (κ3) is 2.66. The number of nitrogens with zero attached hydrogens (tertiary/aromatic N) is 2. The predicted molar refractivity (Wildman–Crippen MR) is 81.8 cm³/mol. The molecule has 1 saturated heterocycles. The third-order valence-electron chi connectivity index (χ3n) is 3.78. The second-order valence-electron chi connectivity index (χ2n) is 5.27. The van der Waals surface area contributed by atoms with Crippen LogP contribution < -0.4 is 10.5 Å². The number of H-pyrrole nitrogens is 1. The average Bonchev–Trinajstić information content (AvgIpc) is 2.51. The van der Waals surface area contributed by atoms with Gasteiger partial charge in [0.25, 0.3) is 5.56 Å². The smallest absolute Gasteiger partial charge is 0.285 e. The normalized spacial score (nSPS) is 22.3. The van der Waals surface area contributed by atoms with Gasteiger partial charge >= 0.3 is 0 Å². The minimum Gasteiger partial charge on any atom is -0.367 e. The zero-order valence-corrected chi connectivity index (χ0v) is 12.4. The maximum absolute atomic E-state index is 11.6. The van der Waals surface area contributed by atoms with Crippen LogP contribution >= 0.6 is 11.6 Å². The van der Waals surface area contributed by atoms with E-state index in [4.69, 9.17) is 16.3 Å². The first kappa shape index (κ1) is 14.1. The van der Waals surface area contributed by atoms with Crippen LogP contribution in [-0.2, 0) is 10.3 Å². The van der Waals surface area contributed by atoms with Crippen molar-refractivity contribution in [2.24, 2.45) is 0 Å². The summed E-state index contributed by atoms with van der Waals surface area (Å²) in [5.74, 6) is 0. The number of ether oxygens (including phenoxy) is 1. The molecule has 1 atom stereocenters. The van der Waals surface area contributed by atoms with Crippen LogP contribution in [0.1, 0.15) is 12.5 Å². The van der Waals surface area contributed by atoms with E-state index in [0.717, 1.165) is 5.56 Å². The Morgan fingerprint density at radius 3 is 2.90 bits per heavy atom. The lowest BCUT2D eigenvalue weighted by molar-refractivity contribution is -0.0466. The van der Waals surface area contributed by atoms with Crippen molar-refractivity contribution in [2.45, 2.75) is 12.5 Å². The molecule has 1 N–H and O–H groups in total. The van der Waals surface area contributed by atoms with Gasteiger partial charge in [-0.25, -0.2) is 5.10 Å². The fourth-order valence-corrected chi connectivity index (χ4v) is 2.85. The molecular formula is C15H16ClN3O2. The molecule has 3 rings (SSSR count). The number of hydrogen-bond acceptors (Lipinski definition) is 4. The Morgan fingerprint density at radius 2 is 2.14 bits per heavy atom. The summed E-state index contributed by atoms with van der Waals surface area (Å²) in [6, 6.07) is 10.0. The Morgan fingerprint density at radius 1 is 1.38 bits per heavy atom. The van der Waals surface area contributed by atoms with Gasteiger partial charge in [0.15, 0.2) is 0 Å². The van der Waals surface area contributed by atoms with Gasteiger partial charge in [0, 0.05) is 6.54 Å². The Bertz CT molecular complexity index is 689. The lowest BCUT2D eigenvalue weighted by atomic mass is 9.93. The fraction of sp³-hybridized carbons (Fsp3) is 0.333. The number of benzene rings is 1. The Labute approximate surface area is 127 Å². The summed E-state index contributed by atoms with van der Waals surface area (Å²) in [5, 5.41) is 6.34. The molecule has 1 aliphatic rings. The van der Waals surface area contributed by atoms with Gasteiger partial charge in [-0.05, 0) is 12.5 Å². The maximum atomic E-state index is 11.6.